The van der Waals surface area contributed by atoms with Crippen LogP contribution in [0.4, 0.5) is 0 Å². The highest BCUT2D eigenvalue weighted by molar-refractivity contribution is 6.08. The first-order chi connectivity index (χ1) is 12.3. The number of allylic oxidation sites excluding steroid dienone is 2. The van der Waals surface area contributed by atoms with Crippen molar-refractivity contribution in [1.29, 1.82) is 0 Å². The van der Waals surface area contributed by atoms with Crippen molar-refractivity contribution in [3.8, 4) is 0 Å². The molecule has 0 aromatic rings. The smallest absolute Gasteiger partial charge is 0.309 e. The lowest BCUT2D eigenvalue weighted by molar-refractivity contribution is -0.159. The van der Waals surface area contributed by atoms with E-state index >= 15 is 0 Å². The largest absolute Gasteiger partial charge is 0.481 e. The molecule has 4 atom stereocenters. The van der Waals surface area contributed by atoms with E-state index in [-0.39, 0.29) is 16.7 Å². The number of hydrogen-bond acceptors (Lipinski definition) is 3. The zero-order valence-electron chi connectivity index (χ0n) is 18.2. The molecule has 1 N–H and O–H groups in total. The maximum Gasteiger partial charge on any atom is 0.309 e. The van der Waals surface area contributed by atoms with Crippen LogP contribution in [0.2, 0.25) is 0 Å². The van der Waals surface area contributed by atoms with E-state index in [0.717, 1.165) is 24.8 Å². The zero-order chi connectivity index (χ0) is 21.0. The Bertz CT molecular complexity index is 569. The molecule has 1 aliphatic rings. The number of carbonyl (C=O) groups excluding carboxylic acids is 1. The van der Waals surface area contributed by atoms with Crippen LogP contribution in [0, 0.1) is 28.6 Å². The molecule has 0 amide bonds. The molecule has 0 fully saturated rings. The van der Waals surface area contributed by atoms with Crippen LogP contribution >= 0.6 is 0 Å². The summed E-state index contributed by atoms with van der Waals surface area (Å²) in [5.74, 6) is -3.55. The van der Waals surface area contributed by atoms with E-state index in [9.17, 15) is 14.7 Å². The predicted octanol–water partition coefficient (Wildman–Crippen LogP) is 4.57. The number of carboxylic acid groups (broad SMARTS) is 1. The molecule has 0 aromatic carbocycles. The summed E-state index contributed by atoms with van der Waals surface area (Å²) in [6, 6.07) is 0. The monoisotopic (exact) mass is 363 g/mol. The molecular formula is C21H35BO4. The van der Waals surface area contributed by atoms with Crippen LogP contribution in [0.3, 0.4) is 0 Å². The molecule has 26 heavy (non-hydrogen) atoms. The average Bonchev–Trinajstić information content (AvgIpc) is 2.52. The number of esters is 1. The second-order valence-corrected chi connectivity index (χ2v) is 9.15. The van der Waals surface area contributed by atoms with Crippen LogP contribution in [-0.4, -0.2) is 31.4 Å². The molecule has 146 valence electrons. The molecule has 4 unspecified atom stereocenters. The quantitative estimate of drug-likeness (QED) is 0.370. The normalized spacial score (nSPS) is 25.8. The van der Waals surface area contributed by atoms with Crippen molar-refractivity contribution >= 4 is 19.8 Å². The Labute approximate surface area is 161 Å². The minimum atomic E-state index is -1.49. The minimum Gasteiger partial charge on any atom is -0.481 e. The lowest BCUT2D eigenvalue weighted by Crippen LogP contribution is -2.41. The van der Waals surface area contributed by atoms with Crippen LogP contribution in [0.25, 0.3) is 0 Å². The molecule has 1 rings (SSSR count). The second-order valence-electron chi connectivity index (χ2n) is 9.15. The van der Waals surface area contributed by atoms with Gasteiger partial charge in [0.15, 0.2) is 0 Å². The van der Waals surface area contributed by atoms with Crippen LogP contribution in [0.1, 0.15) is 75.0 Å². The van der Waals surface area contributed by atoms with Crippen molar-refractivity contribution in [1.82, 2.24) is 0 Å². The zero-order valence-corrected chi connectivity index (χ0v) is 17.2. The van der Waals surface area contributed by atoms with Gasteiger partial charge < -0.3 is 9.84 Å². The number of hydrogen-bond donors (Lipinski definition) is 1. The van der Waals surface area contributed by atoms with Gasteiger partial charge in [0.2, 0.25) is 0 Å². The Morgan fingerprint density at radius 1 is 1.27 bits per heavy atom. The van der Waals surface area contributed by atoms with Crippen LogP contribution in [0.5, 0.6) is 0 Å². The Balaban J connectivity index is 3.31. The van der Waals surface area contributed by atoms with Crippen molar-refractivity contribution in [2.45, 2.75) is 73.6 Å². The fourth-order valence-corrected chi connectivity index (χ4v) is 3.75. The summed E-state index contributed by atoms with van der Waals surface area (Å²) in [6.07, 6.45) is 5.87. The van der Waals surface area contributed by atoms with Gasteiger partial charge in [-0.25, -0.2) is 0 Å². The number of rotatable bonds is 9. The summed E-state index contributed by atoms with van der Waals surface area (Å²) in [7, 11) is 5.31. The number of ether oxygens (including phenoxy) is 1. The third kappa shape index (κ3) is 6.17. The Hall–Kier alpha value is -1.26. The van der Waals surface area contributed by atoms with Gasteiger partial charge in [-0.3, -0.25) is 9.59 Å². The van der Waals surface area contributed by atoms with Crippen molar-refractivity contribution in [2.75, 3.05) is 6.48 Å². The molecule has 1 aliphatic carbocycles. The Morgan fingerprint density at radius 2 is 1.85 bits per heavy atom. The topological polar surface area (TPSA) is 63.6 Å². The predicted molar refractivity (Wildman–Crippen MR) is 105 cm³/mol. The fourth-order valence-electron chi connectivity index (χ4n) is 3.75. The number of aliphatic carboxylic acids is 1. The Kier molecular flexibility index (Phi) is 7.37. The molecule has 2 radical (unpaired) electrons. The van der Waals surface area contributed by atoms with Gasteiger partial charge in [-0.05, 0) is 36.0 Å². The molecule has 0 bridgehead atoms. The van der Waals surface area contributed by atoms with Crippen molar-refractivity contribution in [3.63, 3.8) is 0 Å². The highest BCUT2D eigenvalue weighted by Gasteiger charge is 2.44. The van der Waals surface area contributed by atoms with Gasteiger partial charge in [0.05, 0.1) is 13.2 Å². The molecule has 4 nitrogen and oxygen atoms in total. The number of carbonyl (C=O) groups is 2. The van der Waals surface area contributed by atoms with Gasteiger partial charge in [0.1, 0.15) is 7.85 Å². The molecule has 5 heteroatoms. The molecule has 0 saturated carbocycles. The molecule has 0 aromatic heterocycles. The van der Waals surface area contributed by atoms with E-state index < -0.39 is 30.3 Å². The molecule has 0 spiro atoms. The molecule has 0 heterocycles. The van der Waals surface area contributed by atoms with Crippen molar-refractivity contribution in [3.05, 3.63) is 11.6 Å². The van der Waals surface area contributed by atoms with Crippen LogP contribution in [0.15, 0.2) is 11.6 Å². The third-order valence-electron chi connectivity index (χ3n) is 6.01. The van der Waals surface area contributed by atoms with E-state index in [1.54, 1.807) is 0 Å². The summed E-state index contributed by atoms with van der Waals surface area (Å²) >= 11 is 0. The summed E-state index contributed by atoms with van der Waals surface area (Å²) in [4.78, 5) is 24.6. The lowest BCUT2D eigenvalue weighted by Gasteiger charge is -2.39. The maximum atomic E-state index is 12.6. The van der Waals surface area contributed by atoms with Gasteiger partial charge in [-0.15, -0.1) is 0 Å². The highest BCUT2D eigenvalue weighted by Crippen LogP contribution is 2.44. The summed E-state index contributed by atoms with van der Waals surface area (Å²) in [5.41, 5.74) is 1.15. The lowest BCUT2D eigenvalue weighted by atomic mass is 9.65. The van der Waals surface area contributed by atoms with E-state index in [2.05, 4.69) is 47.6 Å². The third-order valence-corrected chi connectivity index (χ3v) is 6.01. The van der Waals surface area contributed by atoms with E-state index in [0.29, 0.717) is 12.8 Å². The van der Waals surface area contributed by atoms with E-state index in [1.807, 2.05) is 0 Å². The molecule has 0 saturated heterocycles. The first-order valence-corrected chi connectivity index (χ1v) is 9.62. The van der Waals surface area contributed by atoms with E-state index in [1.165, 1.54) is 0 Å². The summed E-state index contributed by atoms with van der Waals surface area (Å²) in [5, 5.41) is 9.83. The van der Waals surface area contributed by atoms with Gasteiger partial charge in [0.25, 0.3) is 0 Å². The van der Waals surface area contributed by atoms with Crippen molar-refractivity contribution in [2.24, 2.45) is 28.6 Å². The van der Waals surface area contributed by atoms with Gasteiger partial charge in [-0.2, -0.15) is 0 Å². The SMILES string of the molecule is [2H]C([B])OC(=O)C1C(CC(C)(C)CC)C=C(CC(C)(C)CC)CC1C(=O)O. The van der Waals surface area contributed by atoms with Crippen molar-refractivity contribution < 1.29 is 20.8 Å². The first kappa shape index (κ1) is 21.0. The standard InChI is InChI=1S/C21H35BO4/c1-7-20(3,4)11-14-9-15(12-21(5,6)8-2)17(19(25)26-13-22)16(10-14)18(23)24/h9,15-17H,7-8,10-13H2,1-6H3,(H,23,24)/i13D. The second kappa shape index (κ2) is 9.10. The van der Waals surface area contributed by atoms with E-state index in [4.69, 9.17) is 14.0 Å². The Morgan fingerprint density at radius 3 is 2.31 bits per heavy atom. The maximum absolute atomic E-state index is 12.6. The minimum absolute atomic E-state index is 0.0332. The summed E-state index contributed by atoms with van der Waals surface area (Å²) < 4.78 is 12.3. The molecule has 0 aliphatic heterocycles. The van der Waals surface area contributed by atoms with Crippen LogP contribution < -0.4 is 0 Å². The van der Waals surface area contributed by atoms with Gasteiger partial charge >= 0.3 is 11.9 Å². The average molecular weight is 363 g/mol. The van der Waals surface area contributed by atoms with Gasteiger partial charge in [0, 0.05) is 6.48 Å². The molecular weight excluding hydrogens is 327 g/mol. The fraction of sp³-hybridized carbons (Fsp3) is 0.810. The first-order valence-electron chi connectivity index (χ1n) is 10.2. The summed E-state index contributed by atoms with van der Waals surface area (Å²) in [6.45, 7) is 11.3. The highest BCUT2D eigenvalue weighted by atomic mass is 16.5. The van der Waals surface area contributed by atoms with Gasteiger partial charge in [-0.1, -0.05) is 66.0 Å². The van der Waals surface area contributed by atoms with Crippen LogP contribution in [-0.2, 0) is 14.3 Å². The number of carboxylic acids is 1.